The molecule has 7 heteroatoms. The van der Waals surface area contributed by atoms with Crippen molar-refractivity contribution in [3.63, 3.8) is 0 Å². The predicted molar refractivity (Wildman–Crippen MR) is 92.5 cm³/mol. The lowest BCUT2D eigenvalue weighted by Gasteiger charge is -2.17. The smallest absolute Gasteiger partial charge is 0.238 e. The monoisotopic (exact) mass is 332 g/mol. The van der Waals surface area contributed by atoms with Crippen molar-refractivity contribution in [2.75, 3.05) is 33.1 Å². The summed E-state index contributed by atoms with van der Waals surface area (Å²) in [5.41, 5.74) is 2.67. The summed E-state index contributed by atoms with van der Waals surface area (Å²) in [6.07, 6.45) is 1.97. The minimum atomic E-state index is -0.120. The minimum Gasteiger partial charge on any atom is -0.497 e. The Morgan fingerprint density at radius 2 is 2.08 bits per heavy atom. The van der Waals surface area contributed by atoms with E-state index in [1.807, 2.05) is 32.1 Å². The van der Waals surface area contributed by atoms with Crippen LogP contribution in [-0.2, 0) is 18.4 Å². The SMILES string of the molecule is COc1ccc(OC)c(NC(=O)CN(C)Cc2cn(C)nc2C)c1. The number of rotatable bonds is 7. The number of anilines is 1. The molecule has 2 rings (SSSR count). The van der Waals surface area contributed by atoms with Crippen LogP contribution in [0.2, 0.25) is 0 Å². The van der Waals surface area contributed by atoms with Gasteiger partial charge in [-0.2, -0.15) is 5.10 Å². The molecule has 1 heterocycles. The molecule has 0 saturated carbocycles. The zero-order chi connectivity index (χ0) is 17.7. The molecule has 0 bridgehead atoms. The van der Waals surface area contributed by atoms with Crippen molar-refractivity contribution in [3.05, 3.63) is 35.7 Å². The highest BCUT2D eigenvalue weighted by molar-refractivity contribution is 5.93. The fourth-order valence-electron chi connectivity index (χ4n) is 2.50. The van der Waals surface area contributed by atoms with Crippen LogP contribution in [-0.4, -0.2) is 48.4 Å². The molecule has 1 N–H and O–H groups in total. The Balaban J connectivity index is 1.98. The second-order valence-corrected chi connectivity index (χ2v) is 5.70. The molecular weight excluding hydrogens is 308 g/mol. The summed E-state index contributed by atoms with van der Waals surface area (Å²) < 4.78 is 12.2. The fraction of sp³-hybridized carbons (Fsp3) is 0.412. The molecule has 1 amide bonds. The van der Waals surface area contributed by atoms with Crippen molar-refractivity contribution in [2.24, 2.45) is 7.05 Å². The highest BCUT2D eigenvalue weighted by Gasteiger charge is 2.13. The predicted octanol–water partition coefficient (Wildman–Crippen LogP) is 1.82. The number of nitrogens with zero attached hydrogens (tertiary/aromatic N) is 3. The van der Waals surface area contributed by atoms with Gasteiger partial charge in [-0.15, -0.1) is 0 Å². The first-order valence-electron chi connectivity index (χ1n) is 7.62. The molecule has 0 aliphatic heterocycles. The molecule has 0 saturated heterocycles. The molecule has 7 nitrogen and oxygen atoms in total. The number of carbonyl (C=O) groups is 1. The summed E-state index contributed by atoms with van der Waals surface area (Å²) >= 11 is 0. The van der Waals surface area contributed by atoms with E-state index in [1.54, 1.807) is 37.1 Å². The molecule has 0 fully saturated rings. The van der Waals surface area contributed by atoms with Crippen LogP contribution >= 0.6 is 0 Å². The van der Waals surface area contributed by atoms with Crippen molar-refractivity contribution >= 4 is 11.6 Å². The third-order valence-electron chi connectivity index (χ3n) is 3.65. The molecule has 24 heavy (non-hydrogen) atoms. The molecule has 0 unspecified atom stereocenters. The van der Waals surface area contributed by atoms with E-state index in [2.05, 4.69) is 10.4 Å². The Hall–Kier alpha value is -2.54. The Bertz CT molecular complexity index is 712. The van der Waals surface area contributed by atoms with Crippen molar-refractivity contribution in [1.29, 1.82) is 0 Å². The number of nitrogens with one attached hydrogen (secondary N) is 1. The van der Waals surface area contributed by atoms with Gasteiger partial charge >= 0.3 is 0 Å². The molecule has 130 valence electrons. The average molecular weight is 332 g/mol. The van der Waals surface area contributed by atoms with E-state index in [0.29, 0.717) is 23.7 Å². The summed E-state index contributed by atoms with van der Waals surface area (Å²) in [7, 11) is 6.93. The van der Waals surface area contributed by atoms with E-state index in [-0.39, 0.29) is 12.5 Å². The van der Waals surface area contributed by atoms with Gasteiger partial charge in [0.25, 0.3) is 0 Å². The summed E-state index contributed by atoms with van der Waals surface area (Å²) in [5, 5.41) is 7.18. The first-order valence-corrected chi connectivity index (χ1v) is 7.62. The van der Waals surface area contributed by atoms with Crippen molar-refractivity contribution in [1.82, 2.24) is 14.7 Å². The number of carbonyl (C=O) groups excluding carboxylic acids is 1. The molecule has 0 spiro atoms. The third kappa shape index (κ3) is 4.48. The van der Waals surface area contributed by atoms with Gasteiger partial charge in [0.15, 0.2) is 0 Å². The number of hydrogen-bond acceptors (Lipinski definition) is 5. The number of ether oxygens (including phenoxy) is 2. The molecule has 0 radical (unpaired) electrons. The van der Waals surface area contributed by atoms with Gasteiger partial charge in [0.2, 0.25) is 5.91 Å². The zero-order valence-electron chi connectivity index (χ0n) is 14.8. The zero-order valence-corrected chi connectivity index (χ0v) is 14.8. The van der Waals surface area contributed by atoms with Crippen molar-refractivity contribution < 1.29 is 14.3 Å². The van der Waals surface area contributed by atoms with Gasteiger partial charge in [0.05, 0.1) is 32.1 Å². The number of benzene rings is 1. The lowest BCUT2D eigenvalue weighted by atomic mass is 10.2. The molecule has 0 atom stereocenters. The lowest BCUT2D eigenvalue weighted by Crippen LogP contribution is -2.30. The number of likely N-dealkylation sites (N-methyl/N-ethyl adjacent to an activating group) is 1. The van der Waals surface area contributed by atoms with Gasteiger partial charge in [-0.05, 0) is 26.1 Å². The number of methoxy groups -OCH3 is 2. The molecular formula is C17H24N4O3. The Labute approximate surface area is 142 Å². The molecule has 0 aliphatic carbocycles. The van der Waals surface area contributed by atoms with E-state index >= 15 is 0 Å². The Morgan fingerprint density at radius 3 is 2.67 bits per heavy atom. The number of hydrogen-bond donors (Lipinski definition) is 1. The minimum absolute atomic E-state index is 0.120. The maximum absolute atomic E-state index is 12.3. The van der Waals surface area contributed by atoms with Gasteiger partial charge in [0, 0.05) is 31.4 Å². The lowest BCUT2D eigenvalue weighted by molar-refractivity contribution is -0.117. The van der Waals surface area contributed by atoms with Gasteiger partial charge in [-0.3, -0.25) is 14.4 Å². The van der Waals surface area contributed by atoms with Crippen LogP contribution in [0.3, 0.4) is 0 Å². The van der Waals surface area contributed by atoms with E-state index in [0.717, 1.165) is 11.3 Å². The Kier molecular flexibility index (Phi) is 5.81. The van der Waals surface area contributed by atoms with Crippen LogP contribution in [0, 0.1) is 6.92 Å². The summed E-state index contributed by atoms with van der Waals surface area (Å²) in [6.45, 7) is 2.88. The first kappa shape index (κ1) is 17.8. The Morgan fingerprint density at radius 1 is 1.33 bits per heavy atom. The van der Waals surface area contributed by atoms with Gasteiger partial charge in [-0.1, -0.05) is 0 Å². The summed E-state index contributed by atoms with van der Waals surface area (Å²) in [5.74, 6) is 1.13. The normalized spacial score (nSPS) is 10.8. The number of aromatic nitrogens is 2. The largest absolute Gasteiger partial charge is 0.497 e. The van der Waals surface area contributed by atoms with Gasteiger partial charge < -0.3 is 14.8 Å². The highest BCUT2D eigenvalue weighted by atomic mass is 16.5. The third-order valence-corrected chi connectivity index (χ3v) is 3.65. The topological polar surface area (TPSA) is 68.6 Å². The quantitative estimate of drug-likeness (QED) is 0.837. The fourth-order valence-corrected chi connectivity index (χ4v) is 2.50. The van der Waals surface area contributed by atoms with Crippen molar-refractivity contribution in [2.45, 2.75) is 13.5 Å². The second-order valence-electron chi connectivity index (χ2n) is 5.70. The average Bonchev–Trinajstić information content (AvgIpc) is 2.84. The summed E-state index contributed by atoms with van der Waals surface area (Å²) in [4.78, 5) is 14.2. The van der Waals surface area contributed by atoms with Crippen LogP contribution in [0.25, 0.3) is 0 Å². The van der Waals surface area contributed by atoms with E-state index in [9.17, 15) is 4.79 Å². The maximum atomic E-state index is 12.3. The van der Waals surface area contributed by atoms with E-state index < -0.39 is 0 Å². The molecule has 1 aromatic heterocycles. The standard InChI is InChI=1S/C17H24N4O3/c1-12-13(10-21(3)19-12)9-20(2)11-17(22)18-15-8-14(23-4)6-7-16(15)24-5/h6-8,10H,9,11H2,1-5H3,(H,18,22). The van der Waals surface area contributed by atoms with E-state index in [1.165, 1.54) is 0 Å². The highest BCUT2D eigenvalue weighted by Crippen LogP contribution is 2.28. The van der Waals surface area contributed by atoms with Crippen molar-refractivity contribution in [3.8, 4) is 11.5 Å². The molecule has 0 aliphatic rings. The number of aryl methyl sites for hydroxylation is 2. The second kappa shape index (κ2) is 7.83. The van der Waals surface area contributed by atoms with Crippen LogP contribution in [0.5, 0.6) is 11.5 Å². The van der Waals surface area contributed by atoms with Crippen LogP contribution in [0.15, 0.2) is 24.4 Å². The summed E-state index contributed by atoms with van der Waals surface area (Å²) in [6, 6.07) is 5.28. The van der Waals surface area contributed by atoms with Crippen LogP contribution < -0.4 is 14.8 Å². The number of amides is 1. The molecule has 2 aromatic rings. The maximum Gasteiger partial charge on any atom is 0.238 e. The van der Waals surface area contributed by atoms with E-state index in [4.69, 9.17) is 9.47 Å². The molecule has 1 aromatic carbocycles. The van der Waals surface area contributed by atoms with Gasteiger partial charge in [-0.25, -0.2) is 0 Å². The van der Waals surface area contributed by atoms with Gasteiger partial charge in [0.1, 0.15) is 11.5 Å². The van der Waals surface area contributed by atoms with Crippen LogP contribution in [0.4, 0.5) is 5.69 Å². The first-order chi connectivity index (χ1) is 11.4. The van der Waals surface area contributed by atoms with Crippen LogP contribution in [0.1, 0.15) is 11.3 Å².